The van der Waals surface area contributed by atoms with E-state index < -0.39 is 23.4 Å². The van der Waals surface area contributed by atoms with Crippen LogP contribution in [-0.2, 0) is 6.18 Å². The summed E-state index contributed by atoms with van der Waals surface area (Å²) in [7, 11) is 0. The second kappa shape index (κ2) is 6.11. The van der Waals surface area contributed by atoms with E-state index in [0.29, 0.717) is 11.8 Å². The highest BCUT2D eigenvalue weighted by molar-refractivity contribution is 5.89. The highest BCUT2D eigenvalue weighted by Gasteiger charge is 2.35. The number of halogens is 3. The van der Waals surface area contributed by atoms with E-state index in [2.05, 4.69) is 20.3 Å². The Kier molecular flexibility index (Phi) is 4.39. The van der Waals surface area contributed by atoms with Crippen LogP contribution in [0.4, 0.5) is 24.8 Å². The molecule has 9 heteroatoms. The lowest BCUT2D eigenvalue weighted by molar-refractivity contribution is -0.366. The number of aryl methyl sites for hydroxylation is 1. The summed E-state index contributed by atoms with van der Waals surface area (Å²) in [6.45, 7) is 3.78. The van der Waals surface area contributed by atoms with Gasteiger partial charge >= 0.3 is 12.1 Å². The van der Waals surface area contributed by atoms with Crippen molar-refractivity contribution in [2.24, 2.45) is 5.73 Å². The first kappa shape index (κ1) is 16.5. The number of nitrogens with one attached hydrogen (secondary N) is 3. The summed E-state index contributed by atoms with van der Waals surface area (Å²) >= 11 is 0. The quantitative estimate of drug-likeness (QED) is 0.478. The maximum atomic E-state index is 12.6. The number of nitrogens with two attached hydrogens (primary N) is 1. The van der Waals surface area contributed by atoms with Crippen LogP contribution in [0.5, 0.6) is 0 Å². The highest BCUT2D eigenvalue weighted by Crippen LogP contribution is 2.26. The minimum Gasteiger partial charge on any atom is -0.322 e. The molecule has 0 spiro atoms. The first-order valence-electron chi connectivity index (χ1n) is 6.58. The summed E-state index contributed by atoms with van der Waals surface area (Å²) in [4.78, 5) is 19.1. The van der Waals surface area contributed by atoms with Crippen LogP contribution in [0.25, 0.3) is 0 Å². The van der Waals surface area contributed by atoms with Gasteiger partial charge in [0, 0.05) is 0 Å². The highest BCUT2D eigenvalue weighted by atomic mass is 19.4. The van der Waals surface area contributed by atoms with Gasteiger partial charge in [-0.05, 0) is 31.0 Å². The Labute approximate surface area is 129 Å². The van der Waals surface area contributed by atoms with Crippen molar-refractivity contribution in [1.29, 1.82) is 0 Å². The summed E-state index contributed by atoms with van der Waals surface area (Å²) < 4.78 is 37.9. The molecule has 23 heavy (non-hydrogen) atoms. The lowest BCUT2D eigenvalue weighted by Crippen LogP contribution is -2.73. The molecule has 0 unspecified atom stereocenters. The standard InChI is InChI=1S/C14H14F3N5O/c1-7-4-3-5-9(8(7)2)19-12(18)22-13-20-10(14(15,16)17)6-11(23)21-13/h3-6H,1-2H3,(H4,18,19,20,21,22,23)/p+1. The Morgan fingerprint density at radius 1 is 1.35 bits per heavy atom. The molecule has 122 valence electrons. The van der Waals surface area contributed by atoms with Crippen LogP contribution in [0.15, 0.2) is 29.1 Å². The Morgan fingerprint density at radius 3 is 2.70 bits per heavy atom. The molecule has 0 bridgehead atoms. The number of hydrogen-bond donors (Lipinski definition) is 4. The molecule has 0 radical (unpaired) electrons. The lowest BCUT2D eigenvalue weighted by atomic mass is 10.1. The van der Waals surface area contributed by atoms with Crippen molar-refractivity contribution < 1.29 is 18.2 Å². The molecule has 6 nitrogen and oxygen atoms in total. The first-order valence-corrected chi connectivity index (χ1v) is 6.58. The van der Waals surface area contributed by atoms with Crippen LogP contribution in [0.3, 0.4) is 0 Å². The molecule has 1 aromatic carbocycles. The Morgan fingerprint density at radius 2 is 2.04 bits per heavy atom. The van der Waals surface area contributed by atoms with Gasteiger partial charge in [-0.3, -0.25) is 10.1 Å². The van der Waals surface area contributed by atoms with E-state index in [-0.39, 0.29) is 5.96 Å². The molecular weight excluding hydrogens is 311 g/mol. The molecule has 0 aliphatic rings. The number of aromatic nitrogens is 2. The van der Waals surface area contributed by atoms with Gasteiger partial charge in [0.15, 0.2) is 5.69 Å². The van der Waals surface area contributed by atoms with E-state index in [0.717, 1.165) is 11.1 Å². The van der Waals surface area contributed by atoms with Crippen molar-refractivity contribution in [3.63, 3.8) is 0 Å². The average molecular weight is 326 g/mol. The molecule has 0 saturated carbocycles. The summed E-state index contributed by atoms with van der Waals surface area (Å²) in [5, 5.41) is 2.82. The molecular formula is C14H15F3N5O+. The fraction of sp³-hybridized carbons (Fsp3) is 0.214. The number of aromatic amines is 1. The smallest absolute Gasteiger partial charge is 0.322 e. The number of nitrogens with zero attached hydrogens (tertiary/aromatic N) is 1. The minimum atomic E-state index is -4.72. The molecule has 0 aliphatic carbocycles. The Hall–Kier alpha value is -2.84. The predicted octanol–water partition coefficient (Wildman–Crippen LogP) is 0.544. The topological polar surface area (TPSA) is 97.8 Å². The van der Waals surface area contributed by atoms with Gasteiger partial charge in [0.2, 0.25) is 0 Å². The van der Waals surface area contributed by atoms with Gasteiger partial charge in [-0.15, -0.1) is 4.98 Å². The van der Waals surface area contributed by atoms with Crippen LogP contribution in [0.2, 0.25) is 0 Å². The molecule has 1 heterocycles. The second-order valence-electron chi connectivity index (χ2n) is 4.89. The molecule has 0 saturated heterocycles. The fourth-order valence-electron chi connectivity index (χ4n) is 1.85. The third kappa shape index (κ3) is 4.09. The monoisotopic (exact) mass is 326 g/mol. The molecule has 0 amide bonds. The van der Waals surface area contributed by atoms with E-state index in [1.165, 1.54) is 0 Å². The largest absolute Gasteiger partial charge is 0.443 e. The number of hydrogen-bond acceptors (Lipinski definition) is 2. The van der Waals surface area contributed by atoms with E-state index in [9.17, 15) is 18.0 Å². The molecule has 0 aliphatic heterocycles. The van der Waals surface area contributed by atoms with Crippen LogP contribution in [-0.4, -0.2) is 15.9 Å². The molecule has 5 N–H and O–H groups in total. The fourth-order valence-corrected chi connectivity index (χ4v) is 1.85. The van der Waals surface area contributed by atoms with Gasteiger partial charge in [0.05, 0.1) is 11.8 Å². The van der Waals surface area contributed by atoms with Crippen LogP contribution < -0.4 is 21.6 Å². The van der Waals surface area contributed by atoms with Gasteiger partial charge in [0.1, 0.15) is 0 Å². The maximum Gasteiger partial charge on any atom is 0.443 e. The van der Waals surface area contributed by atoms with Gasteiger partial charge in [0.25, 0.3) is 11.5 Å². The van der Waals surface area contributed by atoms with Gasteiger partial charge in [-0.1, -0.05) is 12.1 Å². The maximum absolute atomic E-state index is 12.6. The third-order valence-corrected chi connectivity index (χ3v) is 3.16. The molecule has 2 rings (SSSR count). The normalized spacial score (nSPS) is 12.3. The first-order chi connectivity index (χ1) is 10.7. The summed E-state index contributed by atoms with van der Waals surface area (Å²) in [6, 6.07) is 5.86. The Bertz CT molecular complexity index is 811. The van der Waals surface area contributed by atoms with Crippen LogP contribution >= 0.6 is 0 Å². The SMILES string of the molecule is Cc1cccc(NC(N)=[NH+]c2nc(C(F)(F)F)cc(=O)[nH]2)c1C. The number of rotatable bonds is 2. The van der Waals surface area contributed by atoms with E-state index in [1.54, 1.807) is 6.07 Å². The van der Waals surface area contributed by atoms with Gasteiger partial charge in [-0.25, -0.2) is 9.98 Å². The molecule has 1 aromatic heterocycles. The van der Waals surface area contributed by atoms with E-state index in [1.807, 2.05) is 26.0 Å². The van der Waals surface area contributed by atoms with Crippen LogP contribution in [0, 0.1) is 13.8 Å². The van der Waals surface area contributed by atoms with Crippen molar-refractivity contribution >= 4 is 17.6 Å². The van der Waals surface area contributed by atoms with E-state index in [4.69, 9.17) is 5.73 Å². The minimum absolute atomic E-state index is 0.0684. The summed E-state index contributed by atoms with van der Waals surface area (Å²) in [5.41, 5.74) is 6.12. The zero-order valence-corrected chi connectivity index (χ0v) is 12.4. The zero-order chi connectivity index (χ0) is 17.2. The van der Waals surface area contributed by atoms with Crippen molar-refractivity contribution in [1.82, 2.24) is 9.97 Å². The predicted molar refractivity (Wildman–Crippen MR) is 79.2 cm³/mol. The van der Waals surface area contributed by atoms with Crippen molar-refractivity contribution in [2.45, 2.75) is 20.0 Å². The number of guanidine groups is 1. The summed E-state index contributed by atoms with van der Waals surface area (Å²) in [6.07, 6.45) is -4.72. The number of anilines is 1. The Balaban J connectivity index is 2.33. The van der Waals surface area contributed by atoms with Crippen molar-refractivity contribution in [2.75, 3.05) is 5.32 Å². The number of H-pyrrole nitrogens is 1. The number of benzene rings is 1. The van der Waals surface area contributed by atoms with Crippen molar-refractivity contribution in [3.8, 4) is 0 Å². The van der Waals surface area contributed by atoms with Gasteiger partial charge < -0.3 is 5.73 Å². The van der Waals surface area contributed by atoms with Gasteiger partial charge in [-0.2, -0.15) is 13.2 Å². The van der Waals surface area contributed by atoms with Crippen molar-refractivity contribution in [3.05, 3.63) is 51.4 Å². The third-order valence-electron chi connectivity index (χ3n) is 3.16. The zero-order valence-electron chi connectivity index (χ0n) is 12.4. The molecule has 0 fully saturated rings. The average Bonchev–Trinajstić information content (AvgIpc) is 2.42. The summed E-state index contributed by atoms with van der Waals surface area (Å²) in [5.74, 6) is -0.471. The molecule has 2 aromatic rings. The number of alkyl halides is 3. The van der Waals surface area contributed by atoms with E-state index >= 15 is 0 Å². The molecule has 0 atom stereocenters. The second-order valence-corrected chi connectivity index (χ2v) is 4.89. The van der Waals surface area contributed by atoms with Crippen LogP contribution in [0.1, 0.15) is 16.8 Å². The lowest BCUT2D eigenvalue weighted by Gasteiger charge is -2.07.